The Morgan fingerprint density at radius 3 is 2.74 bits per heavy atom. The molecule has 5 nitrogen and oxygen atoms in total. The zero-order valence-electron chi connectivity index (χ0n) is 11.0. The van der Waals surface area contributed by atoms with Crippen LogP contribution < -0.4 is 14.8 Å². The fraction of sp³-hybridized carbons (Fsp3) is 0.500. The predicted octanol–water partition coefficient (Wildman–Crippen LogP) is 1.10. The van der Waals surface area contributed by atoms with E-state index in [4.69, 9.17) is 9.47 Å². The lowest BCUT2D eigenvalue weighted by Gasteiger charge is -2.17. The molecule has 5 heteroatoms. The molecule has 2 atom stereocenters. The van der Waals surface area contributed by atoms with Crippen molar-refractivity contribution in [1.29, 1.82) is 0 Å². The van der Waals surface area contributed by atoms with Crippen molar-refractivity contribution in [3.63, 3.8) is 0 Å². The van der Waals surface area contributed by atoms with Gasteiger partial charge in [0.05, 0.1) is 19.3 Å². The van der Waals surface area contributed by atoms with Gasteiger partial charge in [-0.15, -0.1) is 0 Å². The minimum absolute atomic E-state index is 0.0798. The van der Waals surface area contributed by atoms with Crippen molar-refractivity contribution >= 4 is 5.91 Å². The number of aliphatic hydroxyl groups is 1. The quantitative estimate of drug-likeness (QED) is 0.836. The van der Waals surface area contributed by atoms with Crippen molar-refractivity contribution < 1.29 is 19.4 Å². The first-order chi connectivity index (χ1) is 9.20. The van der Waals surface area contributed by atoms with E-state index in [9.17, 15) is 9.90 Å². The Morgan fingerprint density at radius 2 is 2.11 bits per heavy atom. The molecular formula is C14H19NO4. The molecule has 2 N–H and O–H groups in total. The molecule has 19 heavy (non-hydrogen) atoms. The van der Waals surface area contributed by atoms with Crippen molar-refractivity contribution in [2.75, 3.05) is 13.7 Å². The Morgan fingerprint density at radius 1 is 1.37 bits per heavy atom. The summed E-state index contributed by atoms with van der Waals surface area (Å²) >= 11 is 0. The van der Waals surface area contributed by atoms with Crippen LogP contribution in [0.4, 0.5) is 0 Å². The largest absolute Gasteiger partial charge is 0.493 e. The van der Waals surface area contributed by atoms with Crippen LogP contribution in [0.5, 0.6) is 11.5 Å². The van der Waals surface area contributed by atoms with E-state index in [1.54, 1.807) is 19.2 Å². The average Bonchev–Trinajstić information content (AvgIpc) is 2.82. The molecule has 0 bridgehead atoms. The number of rotatable bonds is 5. The van der Waals surface area contributed by atoms with Crippen LogP contribution in [0.1, 0.15) is 19.3 Å². The van der Waals surface area contributed by atoms with Crippen LogP contribution in [0, 0.1) is 0 Å². The van der Waals surface area contributed by atoms with Crippen LogP contribution in [-0.2, 0) is 4.79 Å². The summed E-state index contributed by atoms with van der Waals surface area (Å²) in [6, 6.07) is 7.02. The van der Waals surface area contributed by atoms with Crippen LogP contribution in [0.15, 0.2) is 24.3 Å². The zero-order valence-corrected chi connectivity index (χ0v) is 11.0. The summed E-state index contributed by atoms with van der Waals surface area (Å²) in [5.74, 6) is 0.903. The molecule has 1 fully saturated rings. The van der Waals surface area contributed by atoms with Crippen molar-refractivity contribution in [2.24, 2.45) is 0 Å². The average molecular weight is 265 g/mol. The van der Waals surface area contributed by atoms with E-state index in [1.165, 1.54) is 0 Å². The molecule has 2 unspecified atom stereocenters. The van der Waals surface area contributed by atoms with Crippen LogP contribution in [0.3, 0.4) is 0 Å². The topological polar surface area (TPSA) is 67.8 Å². The SMILES string of the molecule is COc1ccccc1OCC(=O)NC1CCCC1O. The number of carbonyl (C=O) groups is 1. The minimum atomic E-state index is -0.435. The molecule has 0 spiro atoms. The first-order valence-electron chi connectivity index (χ1n) is 6.44. The van der Waals surface area contributed by atoms with E-state index in [0.717, 1.165) is 19.3 Å². The molecular weight excluding hydrogens is 246 g/mol. The molecule has 1 aliphatic rings. The number of carbonyl (C=O) groups excluding carboxylic acids is 1. The van der Waals surface area contributed by atoms with Gasteiger partial charge in [0.1, 0.15) is 0 Å². The first-order valence-corrected chi connectivity index (χ1v) is 6.44. The summed E-state index contributed by atoms with van der Waals surface area (Å²) in [6.07, 6.45) is 2.08. The Labute approximate surface area is 112 Å². The Balaban J connectivity index is 1.83. The molecule has 0 saturated heterocycles. The lowest BCUT2D eigenvalue weighted by Crippen LogP contribution is -2.42. The number of aliphatic hydroxyl groups excluding tert-OH is 1. The van der Waals surface area contributed by atoms with E-state index in [2.05, 4.69) is 5.32 Å². The normalized spacial score (nSPS) is 22.0. The maximum absolute atomic E-state index is 11.7. The highest BCUT2D eigenvalue weighted by Crippen LogP contribution is 2.25. The van der Waals surface area contributed by atoms with Crippen molar-refractivity contribution in [3.8, 4) is 11.5 Å². The number of amides is 1. The molecule has 1 saturated carbocycles. The number of nitrogens with one attached hydrogen (secondary N) is 1. The van der Waals surface area contributed by atoms with Crippen LogP contribution >= 0.6 is 0 Å². The molecule has 0 aromatic heterocycles. The summed E-state index contributed by atoms with van der Waals surface area (Å²) in [5, 5.41) is 12.4. The number of benzene rings is 1. The third-order valence-electron chi connectivity index (χ3n) is 3.25. The molecule has 0 heterocycles. The molecule has 0 radical (unpaired) electrons. The number of hydrogen-bond donors (Lipinski definition) is 2. The van der Waals surface area contributed by atoms with Gasteiger partial charge in [0.25, 0.3) is 5.91 Å². The second-order valence-electron chi connectivity index (χ2n) is 4.61. The van der Waals surface area contributed by atoms with Crippen LogP contribution in [0.2, 0.25) is 0 Å². The van der Waals surface area contributed by atoms with Gasteiger partial charge in [-0.3, -0.25) is 4.79 Å². The van der Waals surface area contributed by atoms with E-state index >= 15 is 0 Å². The van der Waals surface area contributed by atoms with E-state index < -0.39 is 6.10 Å². The van der Waals surface area contributed by atoms with E-state index in [1.807, 2.05) is 12.1 Å². The number of methoxy groups -OCH3 is 1. The summed E-state index contributed by atoms with van der Waals surface area (Å²) in [5.41, 5.74) is 0. The van der Waals surface area contributed by atoms with Gasteiger partial charge >= 0.3 is 0 Å². The summed E-state index contributed by atoms with van der Waals surface area (Å²) in [7, 11) is 1.55. The molecule has 1 aromatic carbocycles. The van der Waals surface area contributed by atoms with Crippen molar-refractivity contribution in [3.05, 3.63) is 24.3 Å². The third kappa shape index (κ3) is 3.61. The van der Waals surface area contributed by atoms with Gasteiger partial charge in [0.15, 0.2) is 18.1 Å². The molecule has 1 aliphatic carbocycles. The fourth-order valence-electron chi connectivity index (χ4n) is 2.24. The maximum Gasteiger partial charge on any atom is 0.258 e. The van der Waals surface area contributed by atoms with Gasteiger partial charge in [-0.25, -0.2) is 0 Å². The molecule has 104 valence electrons. The zero-order chi connectivity index (χ0) is 13.7. The first kappa shape index (κ1) is 13.7. The van der Waals surface area contributed by atoms with Gasteiger partial charge in [0.2, 0.25) is 0 Å². The van der Waals surface area contributed by atoms with E-state index in [0.29, 0.717) is 11.5 Å². The maximum atomic E-state index is 11.7. The summed E-state index contributed by atoms with van der Waals surface area (Å²) in [6.45, 7) is -0.0798. The Kier molecular flexibility index (Phi) is 4.63. The lowest BCUT2D eigenvalue weighted by molar-refractivity contribution is -0.124. The summed E-state index contributed by atoms with van der Waals surface area (Å²) in [4.78, 5) is 11.7. The predicted molar refractivity (Wildman–Crippen MR) is 70.3 cm³/mol. The van der Waals surface area contributed by atoms with Gasteiger partial charge in [-0.05, 0) is 31.4 Å². The molecule has 2 rings (SSSR count). The smallest absolute Gasteiger partial charge is 0.258 e. The highest BCUT2D eigenvalue weighted by molar-refractivity contribution is 5.78. The summed E-state index contributed by atoms with van der Waals surface area (Å²) < 4.78 is 10.5. The van der Waals surface area contributed by atoms with Crippen LogP contribution in [0.25, 0.3) is 0 Å². The van der Waals surface area contributed by atoms with Gasteiger partial charge in [0, 0.05) is 0 Å². The molecule has 1 amide bonds. The van der Waals surface area contributed by atoms with Crippen molar-refractivity contribution in [2.45, 2.75) is 31.4 Å². The highest BCUT2D eigenvalue weighted by Gasteiger charge is 2.26. The highest BCUT2D eigenvalue weighted by atomic mass is 16.5. The Bertz CT molecular complexity index is 435. The van der Waals surface area contributed by atoms with Crippen LogP contribution in [-0.4, -0.2) is 36.9 Å². The number of ether oxygens (including phenoxy) is 2. The van der Waals surface area contributed by atoms with Crippen molar-refractivity contribution in [1.82, 2.24) is 5.32 Å². The Hall–Kier alpha value is -1.75. The second kappa shape index (κ2) is 6.43. The van der Waals surface area contributed by atoms with Gasteiger partial charge in [-0.2, -0.15) is 0 Å². The monoisotopic (exact) mass is 265 g/mol. The van der Waals surface area contributed by atoms with Gasteiger partial charge < -0.3 is 19.9 Å². The molecule has 0 aliphatic heterocycles. The standard InChI is InChI=1S/C14H19NO4/c1-18-12-7-2-3-8-13(12)19-9-14(17)15-10-5-4-6-11(10)16/h2-3,7-8,10-11,16H,4-6,9H2,1H3,(H,15,17). The second-order valence-corrected chi connectivity index (χ2v) is 4.61. The lowest BCUT2D eigenvalue weighted by atomic mass is 10.2. The van der Waals surface area contributed by atoms with E-state index in [-0.39, 0.29) is 18.6 Å². The fourth-order valence-corrected chi connectivity index (χ4v) is 2.24. The minimum Gasteiger partial charge on any atom is -0.493 e. The van der Waals surface area contributed by atoms with Gasteiger partial charge in [-0.1, -0.05) is 12.1 Å². The number of para-hydroxylation sites is 2. The number of hydrogen-bond acceptors (Lipinski definition) is 4. The molecule has 1 aromatic rings. The third-order valence-corrected chi connectivity index (χ3v) is 3.25.